The fourth-order valence-corrected chi connectivity index (χ4v) is 2.93. The molecule has 5 heteroatoms. The number of carbonyl (C=O) groups is 2. The summed E-state index contributed by atoms with van der Waals surface area (Å²) in [5, 5.41) is 3.01. The Bertz CT molecular complexity index is 537. The lowest BCUT2D eigenvalue weighted by atomic mass is 9.95. The van der Waals surface area contributed by atoms with E-state index in [0.29, 0.717) is 24.3 Å². The lowest BCUT2D eigenvalue weighted by molar-refractivity contribution is -0.126. The summed E-state index contributed by atoms with van der Waals surface area (Å²) in [7, 11) is 0. The number of unbranched alkanes of at least 4 members (excludes halogenated alkanes) is 2. The smallest absolute Gasteiger partial charge is 0.253 e. The first kappa shape index (κ1) is 17.3. The molecule has 0 saturated carbocycles. The van der Waals surface area contributed by atoms with Crippen LogP contribution in [0, 0.1) is 5.92 Å². The SMILES string of the molecule is CCCCCNC(=O)C1CCN(C(=O)c2cccc(N)c2)CC1. The number of nitrogens with zero attached hydrogens (tertiary/aromatic N) is 1. The van der Waals surface area contributed by atoms with Crippen molar-refractivity contribution in [3.8, 4) is 0 Å². The zero-order chi connectivity index (χ0) is 16.7. The molecule has 1 aliphatic rings. The molecule has 1 aliphatic heterocycles. The number of nitrogen functional groups attached to an aromatic ring is 1. The Labute approximate surface area is 138 Å². The van der Waals surface area contributed by atoms with Gasteiger partial charge in [-0.2, -0.15) is 0 Å². The zero-order valence-electron chi connectivity index (χ0n) is 13.9. The highest BCUT2D eigenvalue weighted by atomic mass is 16.2. The van der Waals surface area contributed by atoms with E-state index >= 15 is 0 Å². The molecule has 3 N–H and O–H groups in total. The van der Waals surface area contributed by atoms with Crippen molar-refractivity contribution in [3.63, 3.8) is 0 Å². The van der Waals surface area contributed by atoms with Crippen LogP contribution >= 0.6 is 0 Å². The van der Waals surface area contributed by atoms with Crippen molar-refractivity contribution < 1.29 is 9.59 Å². The first-order valence-corrected chi connectivity index (χ1v) is 8.54. The van der Waals surface area contributed by atoms with Crippen molar-refractivity contribution in [2.45, 2.75) is 39.0 Å². The van der Waals surface area contributed by atoms with Crippen molar-refractivity contribution in [1.29, 1.82) is 0 Å². The van der Waals surface area contributed by atoms with Crippen molar-refractivity contribution in [2.24, 2.45) is 5.92 Å². The molecular weight excluding hydrogens is 290 g/mol. The van der Waals surface area contributed by atoms with Gasteiger partial charge >= 0.3 is 0 Å². The second-order valence-corrected chi connectivity index (χ2v) is 6.19. The largest absolute Gasteiger partial charge is 0.399 e. The summed E-state index contributed by atoms with van der Waals surface area (Å²) >= 11 is 0. The average molecular weight is 317 g/mol. The lowest BCUT2D eigenvalue weighted by Crippen LogP contribution is -2.43. The predicted molar refractivity (Wildman–Crippen MR) is 92.0 cm³/mol. The molecule has 1 heterocycles. The highest BCUT2D eigenvalue weighted by molar-refractivity contribution is 5.95. The minimum absolute atomic E-state index is 0.000830. The number of rotatable bonds is 6. The number of likely N-dealkylation sites (tertiary alicyclic amines) is 1. The Morgan fingerprint density at radius 1 is 1.26 bits per heavy atom. The number of nitrogens with one attached hydrogen (secondary N) is 1. The molecule has 1 aromatic carbocycles. The minimum atomic E-state index is -0.000830. The summed E-state index contributed by atoms with van der Waals surface area (Å²) in [5.74, 6) is 0.165. The van der Waals surface area contributed by atoms with Gasteiger partial charge in [0, 0.05) is 36.8 Å². The molecule has 2 amide bonds. The molecule has 0 atom stereocenters. The maximum atomic E-state index is 12.4. The van der Waals surface area contributed by atoms with Crippen LogP contribution in [-0.4, -0.2) is 36.3 Å². The van der Waals surface area contributed by atoms with Crippen LogP contribution in [0.2, 0.25) is 0 Å². The first-order chi connectivity index (χ1) is 11.1. The summed E-state index contributed by atoms with van der Waals surface area (Å²) in [6, 6.07) is 7.05. The van der Waals surface area contributed by atoms with E-state index in [1.165, 1.54) is 0 Å². The Kier molecular flexibility index (Phi) is 6.44. The van der Waals surface area contributed by atoms with Crippen molar-refractivity contribution in [2.75, 3.05) is 25.4 Å². The summed E-state index contributed by atoms with van der Waals surface area (Å²) in [6.45, 7) is 4.16. The summed E-state index contributed by atoms with van der Waals surface area (Å²) in [4.78, 5) is 26.4. The predicted octanol–water partition coefficient (Wildman–Crippen LogP) is 2.43. The topological polar surface area (TPSA) is 75.4 Å². The molecule has 126 valence electrons. The molecule has 2 rings (SSSR count). The van der Waals surface area contributed by atoms with Gasteiger partial charge < -0.3 is 16.0 Å². The highest BCUT2D eigenvalue weighted by Gasteiger charge is 2.27. The van der Waals surface area contributed by atoms with E-state index < -0.39 is 0 Å². The molecule has 1 saturated heterocycles. The van der Waals surface area contributed by atoms with Gasteiger partial charge in [-0.15, -0.1) is 0 Å². The van der Waals surface area contributed by atoms with E-state index in [2.05, 4.69) is 12.2 Å². The van der Waals surface area contributed by atoms with Crippen LogP contribution in [0.3, 0.4) is 0 Å². The normalized spacial score (nSPS) is 15.4. The second kappa shape index (κ2) is 8.56. The number of amides is 2. The molecule has 0 unspecified atom stereocenters. The van der Waals surface area contributed by atoms with Crippen molar-refractivity contribution in [3.05, 3.63) is 29.8 Å². The number of hydrogen-bond donors (Lipinski definition) is 2. The Morgan fingerprint density at radius 3 is 2.65 bits per heavy atom. The van der Waals surface area contributed by atoms with Gasteiger partial charge in [-0.3, -0.25) is 9.59 Å². The molecule has 1 aromatic rings. The molecular formula is C18H27N3O2. The third-order valence-electron chi connectivity index (χ3n) is 4.37. The van der Waals surface area contributed by atoms with Gasteiger partial charge in [0.15, 0.2) is 0 Å². The first-order valence-electron chi connectivity index (χ1n) is 8.54. The van der Waals surface area contributed by atoms with Gasteiger partial charge in [0.05, 0.1) is 0 Å². The van der Waals surface area contributed by atoms with Crippen LogP contribution in [0.5, 0.6) is 0 Å². The monoisotopic (exact) mass is 317 g/mol. The van der Waals surface area contributed by atoms with E-state index in [4.69, 9.17) is 5.73 Å². The lowest BCUT2D eigenvalue weighted by Gasteiger charge is -2.31. The molecule has 0 aliphatic carbocycles. The van der Waals surface area contributed by atoms with Gasteiger partial charge in [0.1, 0.15) is 0 Å². The molecule has 1 fully saturated rings. The Balaban J connectivity index is 1.79. The maximum absolute atomic E-state index is 12.4. The summed E-state index contributed by atoms with van der Waals surface area (Å²) < 4.78 is 0. The van der Waals surface area contributed by atoms with Gasteiger partial charge in [-0.05, 0) is 37.5 Å². The van der Waals surface area contributed by atoms with Gasteiger partial charge in [0.25, 0.3) is 5.91 Å². The van der Waals surface area contributed by atoms with Crippen LogP contribution in [0.25, 0.3) is 0 Å². The standard InChI is InChI=1S/C18H27N3O2/c1-2-3-4-10-20-17(22)14-8-11-21(12-9-14)18(23)15-6-5-7-16(19)13-15/h5-7,13-14H,2-4,8-12,19H2,1H3,(H,20,22). The average Bonchev–Trinajstić information content (AvgIpc) is 2.58. The van der Waals surface area contributed by atoms with Crippen molar-refractivity contribution in [1.82, 2.24) is 10.2 Å². The second-order valence-electron chi connectivity index (χ2n) is 6.19. The van der Waals surface area contributed by atoms with Crippen molar-refractivity contribution >= 4 is 17.5 Å². The quantitative estimate of drug-likeness (QED) is 0.625. The van der Waals surface area contributed by atoms with E-state index in [1.807, 2.05) is 4.90 Å². The summed E-state index contributed by atoms with van der Waals surface area (Å²) in [5.41, 5.74) is 6.94. The Morgan fingerprint density at radius 2 is 2.00 bits per heavy atom. The van der Waals surface area contributed by atoms with Crippen LogP contribution in [0.1, 0.15) is 49.4 Å². The number of carbonyl (C=O) groups excluding carboxylic acids is 2. The van der Waals surface area contributed by atoms with Gasteiger partial charge in [-0.1, -0.05) is 25.8 Å². The van der Waals surface area contributed by atoms with Gasteiger partial charge in [0.2, 0.25) is 5.91 Å². The van der Waals surface area contributed by atoms with Crippen LogP contribution in [0.15, 0.2) is 24.3 Å². The van der Waals surface area contributed by atoms with Gasteiger partial charge in [-0.25, -0.2) is 0 Å². The number of anilines is 1. The van der Waals surface area contributed by atoms with E-state index in [1.54, 1.807) is 24.3 Å². The van der Waals surface area contributed by atoms with E-state index in [-0.39, 0.29) is 17.7 Å². The van der Waals surface area contributed by atoms with Crippen LogP contribution < -0.4 is 11.1 Å². The third kappa shape index (κ3) is 4.98. The molecule has 0 bridgehead atoms. The fraction of sp³-hybridized carbons (Fsp3) is 0.556. The number of piperidine rings is 1. The zero-order valence-corrected chi connectivity index (χ0v) is 13.9. The molecule has 5 nitrogen and oxygen atoms in total. The molecule has 23 heavy (non-hydrogen) atoms. The van der Waals surface area contributed by atoms with Crippen LogP contribution in [-0.2, 0) is 4.79 Å². The molecule has 0 radical (unpaired) electrons. The van der Waals surface area contributed by atoms with Crippen LogP contribution in [0.4, 0.5) is 5.69 Å². The Hall–Kier alpha value is -2.04. The maximum Gasteiger partial charge on any atom is 0.253 e. The van der Waals surface area contributed by atoms with E-state index in [0.717, 1.165) is 38.6 Å². The highest BCUT2D eigenvalue weighted by Crippen LogP contribution is 2.20. The molecule has 0 aromatic heterocycles. The fourth-order valence-electron chi connectivity index (χ4n) is 2.93. The third-order valence-corrected chi connectivity index (χ3v) is 4.37. The minimum Gasteiger partial charge on any atom is -0.399 e. The number of hydrogen-bond acceptors (Lipinski definition) is 3. The molecule has 0 spiro atoms. The number of nitrogens with two attached hydrogens (primary N) is 1. The summed E-state index contributed by atoms with van der Waals surface area (Å²) in [6.07, 6.45) is 4.80. The number of benzene rings is 1. The van der Waals surface area contributed by atoms with E-state index in [9.17, 15) is 9.59 Å².